The molecule has 0 amide bonds. The molecule has 2 aromatic rings. The number of aldehydes is 1. The van der Waals surface area contributed by atoms with Crippen molar-refractivity contribution in [3.05, 3.63) is 28.2 Å². The van der Waals surface area contributed by atoms with Crippen LogP contribution in [0.5, 0.6) is 0 Å². The molecule has 2 heterocycles. The van der Waals surface area contributed by atoms with Gasteiger partial charge in [0, 0.05) is 0 Å². The topological polar surface area (TPSA) is 43.1 Å². The molecule has 0 aromatic carbocycles. The van der Waals surface area contributed by atoms with Crippen molar-refractivity contribution in [1.29, 1.82) is 0 Å². The summed E-state index contributed by atoms with van der Waals surface area (Å²) >= 11 is 7.28. The molecular weight excluding hydrogens is 210 g/mol. The molecule has 2 aromatic heterocycles. The molecule has 66 valence electrons. The molecule has 0 unspecified atom stereocenters. The van der Waals surface area contributed by atoms with E-state index in [4.69, 9.17) is 16.1 Å². The second-order valence-corrected chi connectivity index (χ2v) is 3.65. The highest BCUT2D eigenvalue weighted by atomic mass is 35.5. The summed E-state index contributed by atoms with van der Waals surface area (Å²) < 4.78 is 4.93. The quantitative estimate of drug-likeness (QED) is 0.721. The Kier molecular flexibility index (Phi) is 2.16. The Morgan fingerprint density at radius 3 is 3.08 bits per heavy atom. The lowest BCUT2D eigenvalue weighted by Crippen LogP contribution is -1.77. The predicted octanol–water partition coefficient (Wildman–Crippen LogP) is 2.87. The van der Waals surface area contributed by atoms with E-state index in [1.807, 2.05) is 5.38 Å². The average molecular weight is 214 g/mol. The second kappa shape index (κ2) is 3.32. The third-order valence-corrected chi connectivity index (χ3v) is 2.89. The molecule has 0 saturated heterocycles. The number of rotatable bonds is 2. The van der Waals surface area contributed by atoms with Crippen molar-refractivity contribution in [2.24, 2.45) is 0 Å². The van der Waals surface area contributed by atoms with Crippen LogP contribution in [-0.4, -0.2) is 11.4 Å². The van der Waals surface area contributed by atoms with Crippen molar-refractivity contribution in [3.63, 3.8) is 0 Å². The van der Waals surface area contributed by atoms with Gasteiger partial charge in [0.15, 0.2) is 12.0 Å². The zero-order valence-electron chi connectivity index (χ0n) is 6.36. The van der Waals surface area contributed by atoms with Crippen LogP contribution in [0.3, 0.4) is 0 Å². The summed E-state index contributed by atoms with van der Waals surface area (Å²) in [6.07, 6.45) is 2.07. The minimum Gasteiger partial charge on any atom is -0.355 e. The third-order valence-electron chi connectivity index (χ3n) is 1.55. The average Bonchev–Trinajstić information content (AvgIpc) is 2.71. The van der Waals surface area contributed by atoms with E-state index in [1.165, 1.54) is 17.5 Å². The number of halogens is 1. The van der Waals surface area contributed by atoms with Gasteiger partial charge in [-0.3, -0.25) is 4.79 Å². The molecule has 3 nitrogen and oxygen atoms in total. The van der Waals surface area contributed by atoms with Gasteiger partial charge in [-0.1, -0.05) is 16.8 Å². The summed E-state index contributed by atoms with van der Waals surface area (Å²) in [5.41, 5.74) is 0.421. The fraction of sp³-hybridized carbons (Fsp3) is 0. The van der Waals surface area contributed by atoms with Gasteiger partial charge in [-0.25, -0.2) is 0 Å². The molecule has 0 spiro atoms. The van der Waals surface area contributed by atoms with Gasteiger partial charge in [-0.15, -0.1) is 11.3 Å². The van der Waals surface area contributed by atoms with Crippen molar-refractivity contribution < 1.29 is 9.32 Å². The van der Waals surface area contributed by atoms with Crippen LogP contribution < -0.4 is 0 Å². The number of hydrogen-bond acceptors (Lipinski definition) is 4. The maximum atomic E-state index is 10.6. The van der Waals surface area contributed by atoms with Gasteiger partial charge in [-0.2, -0.15) is 0 Å². The number of aromatic nitrogens is 1. The molecule has 0 aliphatic heterocycles. The van der Waals surface area contributed by atoms with Crippen LogP contribution in [-0.2, 0) is 0 Å². The van der Waals surface area contributed by atoms with Gasteiger partial charge in [0.05, 0.1) is 21.7 Å². The minimum atomic E-state index is 0.421. The number of hydrogen-bond donors (Lipinski definition) is 0. The first-order chi connectivity index (χ1) is 6.33. The van der Waals surface area contributed by atoms with Crippen LogP contribution in [0, 0.1) is 0 Å². The number of nitrogens with zero attached hydrogens (tertiary/aromatic N) is 1. The normalized spacial score (nSPS) is 10.2. The van der Waals surface area contributed by atoms with Crippen molar-refractivity contribution in [2.45, 2.75) is 0 Å². The lowest BCUT2D eigenvalue weighted by molar-refractivity contribution is 0.112. The van der Waals surface area contributed by atoms with Crippen molar-refractivity contribution in [3.8, 4) is 10.6 Å². The lowest BCUT2D eigenvalue weighted by Gasteiger charge is -1.90. The second-order valence-electron chi connectivity index (χ2n) is 2.33. The van der Waals surface area contributed by atoms with Crippen molar-refractivity contribution in [2.75, 3.05) is 0 Å². The Labute approximate surface area is 82.9 Å². The van der Waals surface area contributed by atoms with E-state index < -0.39 is 0 Å². The van der Waals surface area contributed by atoms with Gasteiger partial charge in [-0.05, 0) is 11.4 Å². The smallest absolute Gasteiger partial charge is 0.188 e. The van der Waals surface area contributed by atoms with E-state index in [1.54, 1.807) is 6.07 Å². The van der Waals surface area contributed by atoms with E-state index in [-0.39, 0.29) is 0 Å². The first-order valence-electron chi connectivity index (χ1n) is 3.46. The molecule has 0 N–H and O–H groups in total. The van der Waals surface area contributed by atoms with Crippen LogP contribution in [0.2, 0.25) is 5.02 Å². The fourth-order valence-corrected chi connectivity index (χ4v) is 2.10. The summed E-state index contributed by atoms with van der Waals surface area (Å²) in [6.45, 7) is 0. The summed E-state index contributed by atoms with van der Waals surface area (Å²) in [6, 6.07) is 1.75. The molecule has 0 aliphatic carbocycles. The summed E-state index contributed by atoms with van der Waals surface area (Å²) in [5.74, 6) is 0.440. The van der Waals surface area contributed by atoms with Crippen molar-refractivity contribution >= 4 is 29.2 Å². The number of carbonyl (C=O) groups is 1. The number of carbonyl (C=O) groups excluding carboxylic acids is 1. The van der Waals surface area contributed by atoms with E-state index in [2.05, 4.69) is 5.16 Å². The standard InChI is InChI=1S/C8H4ClNO2S/c9-6-1-2-13-8(6)7-5(4-11)3-10-12-7/h1-4H. The van der Waals surface area contributed by atoms with E-state index in [0.717, 1.165) is 4.88 Å². The Bertz CT molecular complexity index is 435. The first kappa shape index (κ1) is 8.47. The molecule has 0 saturated carbocycles. The van der Waals surface area contributed by atoms with E-state index >= 15 is 0 Å². The Morgan fingerprint density at radius 1 is 1.62 bits per heavy atom. The van der Waals surface area contributed by atoms with Crippen LogP contribution in [0.4, 0.5) is 0 Å². The fourth-order valence-electron chi connectivity index (χ4n) is 0.959. The number of thiophene rings is 1. The van der Waals surface area contributed by atoms with Crippen LogP contribution >= 0.6 is 22.9 Å². The highest BCUT2D eigenvalue weighted by molar-refractivity contribution is 7.14. The molecule has 0 atom stereocenters. The van der Waals surface area contributed by atoms with E-state index in [9.17, 15) is 4.79 Å². The Balaban J connectivity index is 2.58. The summed E-state index contributed by atoms with van der Waals surface area (Å²) in [7, 11) is 0. The zero-order chi connectivity index (χ0) is 9.26. The Morgan fingerprint density at radius 2 is 2.46 bits per heavy atom. The SMILES string of the molecule is O=Cc1cnoc1-c1sccc1Cl. The van der Waals surface area contributed by atoms with Crippen LogP contribution in [0.1, 0.15) is 10.4 Å². The molecule has 5 heteroatoms. The van der Waals surface area contributed by atoms with Gasteiger partial charge in [0.25, 0.3) is 0 Å². The molecule has 0 bridgehead atoms. The third kappa shape index (κ3) is 1.38. The Hall–Kier alpha value is -1.13. The molecular formula is C8H4ClNO2S. The zero-order valence-corrected chi connectivity index (χ0v) is 7.93. The monoisotopic (exact) mass is 213 g/mol. The van der Waals surface area contributed by atoms with Crippen molar-refractivity contribution in [1.82, 2.24) is 5.16 Å². The summed E-state index contributed by atoms with van der Waals surface area (Å²) in [4.78, 5) is 11.3. The van der Waals surface area contributed by atoms with Crippen LogP contribution in [0.15, 0.2) is 22.2 Å². The van der Waals surface area contributed by atoms with Crippen LogP contribution in [0.25, 0.3) is 10.6 Å². The maximum absolute atomic E-state index is 10.6. The largest absolute Gasteiger partial charge is 0.355 e. The molecule has 13 heavy (non-hydrogen) atoms. The lowest BCUT2D eigenvalue weighted by atomic mass is 10.2. The highest BCUT2D eigenvalue weighted by Crippen LogP contribution is 2.34. The van der Waals surface area contributed by atoms with Gasteiger partial charge in [0.1, 0.15) is 0 Å². The maximum Gasteiger partial charge on any atom is 0.188 e. The molecule has 0 fully saturated rings. The highest BCUT2D eigenvalue weighted by Gasteiger charge is 2.14. The molecule has 0 radical (unpaired) electrons. The molecule has 2 rings (SSSR count). The van der Waals surface area contributed by atoms with E-state index in [0.29, 0.717) is 22.6 Å². The van der Waals surface area contributed by atoms with Gasteiger partial charge >= 0.3 is 0 Å². The molecule has 0 aliphatic rings. The minimum absolute atomic E-state index is 0.421. The van der Waals surface area contributed by atoms with Gasteiger partial charge in [0.2, 0.25) is 0 Å². The van der Waals surface area contributed by atoms with Gasteiger partial charge < -0.3 is 4.52 Å². The first-order valence-corrected chi connectivity index (χ1v) is 4.72. The summed E-state index contributed by atoms with van der Waals surface area (Å²) in [5, 5.41) is 5.93. The predicted molar refractivity (Wildman–Crippen MR) is 50.2 cm³/mol.